The first-order valence-electron chi connectivity index (χ1n) is 9.29. The Morgan fingerprint density at radius 2 is 1.89 bits per heavy atom. The molecular formula is C20H23N5O2. The summed E-state index contributed by atoms with van der Waals surface area (Å²) >= 11 is 0. The molecule has 4 rings (SSSR count). The van der Waals surface area contributed by atoms with Crippen LogP contribution in [0.5, 0.6) is 0 Å². The summed E-state index contributed by atoms with van der Waals surface area (Å²) in [6, 6.07) is 4.35. The van der Waals surface area contributed by atoms with Crippen LogP contribution in [0.2, 0.25) is 0 Å². The van der Waals surface area contributed by atoms with Crippen LogP contribution >= 0.6 is 0 Å². The van der Waals surface area contributed by atoms with E-state index in [1.165, 1.54) is 0 Å². The van der Waals surface area contributed by atoms with E-state index >= 15 is 0 Å². The van der Waals surface area contributed by atoms with Crippen LogP contribution in [0.4, 0.5) is 5.82 Å². The number of aryl methyl sites for hydroxylation is 1. The van der Waals surface area contributed by atoms with Gasteiger partial charge in [0, 0.05) is 36.0 Å². The summed E-state index contributed by atoms with van der Waals surface area (Å²) in [4.78, 5) is 25.5. The molecule has 7 nitrogen and oxygen atoms in total. The van der Waals surface area contributed by atoms with Crippen LogP contribution in [0.15, 0.2) is 35.1 Å². The van der Waals surface area contributed by atoms with E-state index in [0.717, 1.165) is 42.1 Å². The number of hydrogen-bond acceptors (Lipinski definition) is 6. The molecule has 3 aromatic rings. The number of nitrogens with zero attached hydrogens (tertiary/aromatic N) is 3. The van der Waals surface area contributed by atoms with Crippen LogP contribution in [0, 0.1) is 12.8 Å². The maximum absolute atomic E-state index is 12.6. The van der Waals surface area contributed by atoms with Crippen molar-refractivity contribution < 1.29 is 9.21 Å². The van der Waals surface area contributed by atoms with Gasteiger partial charge in [0.05, 0.1) is 17.9 Å². The fraction of sp³-hybridized carbons (Fsp3) is 0.400. The van der Waals surface area contributed by atoms with Gasteiger partial charge in [-0.3, -0.25) is 9.78 Å². The van der Waals surface area contributed by atoms with E-state index in [-0.39, 0.29) is 11.8 Å². The second-order valence-electron chi connectivity index (χ2n) is 7.06. The molecule has 27 heavy (non-hydrogen) atoms. The lowest BCUT2D eigenvalue weighted by Gasteiger charge is -2.27. The molecule has 0 saturated heterocycles. The van der Waals surface area contributed by atoms with Gasteiger partial charge in [0.2, 0.25) is 5.91 Å². The molecule has 0 spiro atoms. The molecule has 1 amide bonds. The molecule has 0 unspecified atom stereocenters. The second kappa shape index (κ2) is 7.44. The highest BCUT2D eigenvalue weighted by Gasteiger charge is 2.25. The number of fused-ring (bicyclic) bond motifs is 1. The number of aromatic nitrogens is 3. The molecule has 0 atom stereocenters. The highest BCUT2D eigenvalue weighted by atomic mass is 16.4. The predicted octanol–water partition coefficient (Wildman–Crippen LogP) is 3.31. The van der Waals surface area contributed by atoms with Crippen molar-refractivity contribution >= 4 is 22.6 Å². The van der Waals surface area contributed by atoms with E-state index in [2.05, 4.69) is 25.6 Å². The molecule has 0 aliphatic heterocycles. The van der Waals surface area contributed by atoms with Crippen LogP contribution in [-0.2, 0) is 4.79 Å². The Labute approximate surface area is 157 Å². The van der Waals surface area contributed by atoms with Crippen molar-refractivity contribution in [1.29, 1.82) is 0 Å². The second-order valence-corrected chi connectivity index (χ2v) is 7.06. The van der Waals surface area contributed by atoms with E-state index in [4.69, 9.17) is 4.42 Å². The Kier molecular flexibility index (Phi) is 4.85. The summed E-state index contributed by atoms with van der Waals surface area (Å²) in [7, 11) is 1.98. The monoisotopic (exact) mass is 365 g/mol. The Hall–Kier alpha value is -2.80. The SMILES string of the molecule is CNC1CCC(C(=O)Nc2cc3cc(-c4cnc(C)o4)cnc3cn2)CC1. The van der Waals surface area contributed by atoms with Gasteiger partial charge in [0.1, 0.15) is 5.82 Å². The molecule has 7 heteroatoms. The largest absolute Gasteiger partial charge is 0.441 e. The van der Waals surface area contributed by atoms with Gasteiger partial charge in [0.25, 0.3) is 0 Å². The molecule has 3 aromatic heterocycles. The van der Waals surface area contributed by atoms with Crippen LogP contribution < -0.4 is 10.6 Å². The van der Waals surface area contributed by atoms with Gasteiger partial charge >= 0.3 is 0 Å². The molecule has 140 valence electrons. The van der Waals surface area contributed by atoms with Crippen molar-refractivity contribution in [2.75, 3.05) is 12.4 Å². The van der Waals surface area contributed by atoms with Gasteiger partial charge in [-0.05, 0) is 44.9 Å². The topological polar surface area (TPSA) is 92.9 Å². The molecule has 1 fully saturated rings. The molecule has 3 heterocycles. The lowest BCUT2D eigenvalue weighted by atomic mass is 9.85. The molecular weight excluding hydrogens is 342 g/mol. The quantitative estimate of drug-likeness (QED) is 0.737. The first kappa shape index (κ1) is 17.6. The molecule has 2 N–H and O–H groups in total. The van der Waals surface area contributed by atoms with E-state index in [1.54, 1.807) is 25.5 Å². The van der Waals surface area contributed by atoms with E-state index < -0.39 is 0 Å². The fourth-order valence-electron chi connectivity index (χ4n) is 3.60. The van der Waals surface area contributed by atoms with Crippen molar-refractivity contribution in [2.45, 2.75) is 38.6 Å². The van der Waals surface area contributed by atoms with Crippen LogP contribution in [-0.4, -0.2) is 33.9 Å². The number of oxazole rings is 1. The zero-order chi connectivity index (χ0) is 18.8. The fourth-order valence-corrected chi connectivity index (χ4v) is 3.60. The Morgan fingerprint density at radius 3 is 2.59 bits per heavy atom. The number of anilines is 1. The van der Waals surface area contributed by atoms with Crippen molar-refractivity contribution in [3.05, 3.63) is 36.6 Å². The Morgan fingerprint density at radius 1 is 1.07 bits per heavy atom. The van der Waals surface area contributed by atoms with Gasteiger partial charge in [-0.25, -0.2) is 9.97 Å². The average Bonchev–Trinajstić information content (AvgIpc) is 3.14. The van der Waals surface area contributed by atoms with Crippen LogP contribution in [0.3, 0.4) is 0 Å². The lowest BCUT2D eigenvalue weighted by Crippen LogP contribution is -2.34. The highest BCUT2D eigenvalue weighted by Crippen LogP contribution is 2.27. The van der Waals surface area contributed by atoms with Crippen molar-refractivity contribution in [3.63, 3.8) is 0 Å². The maximum atomic E-state index is 12.6. The predicted molar refractivity (Wildman–Crippen MR) is 103 cm³/mol. The number of amides is 1. The Bertz CT molecular complexity index is 960. The number of carbonyl (C=O) groups excluding carboxylic acids is 1. The van der Waals surface area contributed by atoms with Gasteiger partial charge < -0.3 is 15.1 Å². The normalized spacial score (nSPS) is 19.9. The molecule has 1 aliphatic rings. The van der Waals surface area contributed by atoms with Gasteiger partial charge in [-0.1, -0.05) is 0 Å². The molecule has 0 radical (unpaired) electrons. The number of hydrogen-bond donors (Lipinski definition) is 2. The molecule has 1 aliphatic carbocycles. The van der Waals surface area contributed by atoms with E-state index in [9.17, 15) is 4.79 Å². The van der Waals surface area contributed by atoms with Gasteiger partial charge in [-0.15, -0.1) is 0 Å². The lowest BCUT2D eigenvalue weighted by molar-refractivity contribution is -0.120. The van der Waals surface area contributed by atoms with Gasteiger partial charge in [-0.2, -0.15) is 0 Å². The third kappa shape index (κ3) is 3.83. The first-order valence-corrected chi connectivity index (χ1v) is 9.29. The smallest absolute Gasteiger partial charge is 0.228 e. The number of rotatable bonds is 4. The van der Waals surface area contributed by atoms with E-state index in [0.29, 0.717) is 23.5 Å². The van der Waals surface area contributed by atoms with Crippen molar-refractivity contribution in [1.82, 2.24) is 20.3 Å². The van der Waals surface area contributed by atoms with E-state index in [1.807, 2.05) is 19.2 Å². The minimum absolute atomic E-state index is 0.0476. The summed E-state index contributed by atoms with van der Waals surface area (Å²) in [5.41, 5.74) is 1.61. The minimum atomic E-state index is 0.0476. The first-order chi connectivity index (χ1) is 13.1. The highest BCUT2D eigenvalue weighted by molar-refractivity contribution is 5.94. The maximum Gasteiger partial charge on any atom is 0.228 e. The number of nitrogens with one attached hydrogen (secondary N) is 2. The van der Waals surface area contributed by atoms with Crippen LogP contribution in [0.1, 0.15) is 31.6 Å². The van der Waals surface area contributed by atoms with Gasteiger partial charge in [0.15, 0.2) is 11.7 Å². The molecule has 0 aromatic carbocycles. The van der Waals surface area contributed by atoms with Crippen molar-refractivity contribution in [2.24, 2.45) is 5.92 Å². The minimum Gasteiger partial charge on any atom is -0.441 e. The summed E-state index contributed by atoms with van der Waals surface area (Å²) in [6.07, 6.45) is 8.97. The number of pyridine rings is 2. The standard InChI is InChI=1S/C20H23N5O2/c1-12-22-11-18(27-12)15-7-14-8-19(24-10-17(14)23-9-15)25-20(26)13-3-5-16(21-2)6-4-13/h7-11,13,16,21H,3-6H2,1-2H3,(H,24,25,26). The van der Waals surface area contributed by atoms with Crippen LogP contribution in [0.25, 0.3) is 22.2 Å². The summed E-state index contributed by atoms with van der Waals surface area (Å²) in [6.45, 7) is 1.81. The zero-order valence-electron chi connectivity index (χ0n) is 15.5. The zero-order valence-corrected chi connectivity index (χ0v) is 15.5. The third-order valence-corrected chi connectivity index (χ3v) is 5.23. The number of carbonyl (C=O) groups is 1. The summed E-state index contributed by atoms with van der Waals surface area (Å²) < 4.78 is 5.57. The summed E-state index contributed by atoms with van der Waals surface area (Å²) in [5, 5.41) is 7.15. The Balaban J connectivity index is 1.51. The van der Waals surface area contributed by atoms with Crippen molar-refractivity contribution in [3.8, 4) is 11.3 Å². The molecule has 1 saturated carbocycles. The third-order valence-electron chi connectivity index (χ3n) is 5.23. The average molecular weight is 365 g/mol. The summed E-state index contributed by atoms with van der Waals surface area (Å²) in [5.74, 6) is 1.93. The molecule has 0 bridgehead atoms.